The lowest BCUT2D eigenvalue weighted by Crippen LogP contribution is -2.58. The summed E-state index contributed by atoms with van der Waals surface area (Å²) < 4.78 is 0. The highest BCUT2D eigenvalue weighted by atomic mass is 16.4. The van der Waals surface area contributed by atoms with E-state index < -0.39 is 11.5 Å². The van der Waals surface area contributed by atoms with Crippen LogP contribution in [0.3, 0.4) is 0 Å². The number of amides is 2. The monoisotopic (exact) mass is 282 g/mol. The van der Waals surface area contributed by atoms with Gasteiger partial charge in [-0.2, -0.15) is 0 Å². The molecule has 1 aliphatic carbocycles. The standard InChI is InChI=1S/C15H26N2O3/c1-12-6-10-17(11-7-12)14(20)16-15(13(18)19)8-4-2-3-5-9-15/h12H,2-11H2,1H3,(H,16,20)(H,18,19). The molecule has 2 N–H and O–H groups in total. The van der Waals surface area contributed by atoms with Crippen LogP contribution in [-0.4, -0.2) is 40.6 Å². The predicted molar refractivity (Wildman–Crippen MR) is 76.6 cm³/mol. The number of carboxylic acid groups (broad SMARTS) is 1. The molecule has 0 spiro atoms. The van der Waals surface area contributed by atoms with Gasteiger partial charge in [-0.05, 0) is 31.6 Å². The fourth-order valence-corrected chi connectivity index (χ4v) is 3.22. The Bertz CT molecular complexity index is 354. The maximum Gasteiger partial charge on any atom is 0.329 e. The zero-order valence-corrected chi connectivity index (χ0v) is 12.4. The summed E-state index contributed by atoms with van der Waals surface area (Å²) in [6.45, 7) is 3.67. The number of nitrogens with one attached hydrogen (secondary N) is 1. The van der Waals surface area contributed by atoms with Gasteiger partial charge in [0.1, 0.15) is 5.54 Å². The number of carbonyl (C=O) groups is 2. The molecule has 0 aromatic rings. The number of piperidine rings is 1. The number of urea groups is 1. The van der Waals surface area contributed by atoms with Crippen molar-refractivity contribution in [3.8, 4) is 0 Å². The normalized spacial score (nSPS) is 23.9. The highest BCUT2D eigenvalue weighted by Crippen LogP contribution is 2.28. The Hall–Kier alpha value is -1.26. The summed E-state index contributed by atoms with van der Waals surface area (Å²) in [5.74, 6) is -0.219. The number of hydrogen-bond acceptors (Lipinski definition) is 2. The minimum atomic E-state index is -1.04. The van der Waals surface area contributed by atoms with Crippen molar-refractivity contribution >= 4 is 12.0 Å². The first-order chi connectivity index (χ1) is 9.53. The summed E-state index contributed by atoms with van der Waals surface area (Å²) >= 11 is 0. The van der Waals surface area contributed by atoms with Gasteiger partial charge in [-0.3, -0.25) is 0 Å². The maximum absolute atomic E-state index is 12.3. The van der Waals surface area contributed by atoms with E-state index in [2.05, 4.69) is 12.2 Å². The molecule has 2 fully saturated rings. The molecule has 0 unspecified atom stereocenters. The molecule has 1 saturated carbocycles. The molecule has 2 rings (SSSR count). The van der Waals surface area contributed by atoms with Crippen molar-refractivity contribution in [2.75, 3.05) is 13.1 Å². The lowest BCUT2D eigenvalue weighted by Gasteiger charge is -2.35. The molecule has 114 valence electrons. The lowest BCUT2D eigenvalue weighted by atomic mass is 9.90. The van der Waals surface area contributed by atoms with Gasteiger partial charge in [0.2, 0.25) is 0 Å². The predicted octanol–water partition coefficient (Wildman–Crippen LogP) is 2.61. The molecule has 0 aromatic heterocycles. The van der Waals surface area contributed by atoms with Gasteiger partial charge >= 0.3 is 12.0 Å². The Morgan fingerprint density at radius 1 is 1.10 bits per heavy atom. The minimum absolute atomic E-state index is 0.193. The van der Waals surface area contributed by atoms with E-state index in [1.54, 1.807) is 4.90 Å². The van der Waals surface area contributed by atoms with Crippen LogP contribution in [0.25, 0.3) is 0 Å². The van der Waals surface area contributed by atoms with Crippen LogP contribution in [0.15, 0.2) is 0 Å². The number of likely N-dealkylation sites (tertiary alicyclic amines) is 1. The molecular weight excluding hydrogens is 256 g/mol. The largest absolute Gasteiger partial charge is 0.480 e. The molecular formula is C15H26N2O3. The summed E-state index contributed by atoms with van der Waals surface area (Å²) in [5, 5.41) is 12.4. The smallest absolute Gasteiger partial charge is 0.329 e. The lowest BCUT2D eigenvalue weighted by molar-refractivity contribution is -0.145. The number of aliphatic carboxylic acids is 1. The van der Waals surface area contributed by atoms with E-state index >= 15 is 0 Å². The van der Waals surface area contributed by atoms with Gasteiger partial charge in [-0.25, -0.2) is 9.59 Å². The molecule has 1 aliphatic heterocycles. The van der Waals surface area contributed by atoms with E-state index in [0.29, 0.717) is 18.8 Å². The molecule has 2 amide bonds. The van der Waals surface area contributed by atoms with Crippen LogP contribution in [-0.2, 0) is 4.79 Å². The molecule has 5 nitrogen and oxygen atoms in total. The van der Waals surface area contributed by atoms with Gasteiger partial charge in [-0.1, -0.05) is 32.6 Å². The van der Waals surface area contributed by atoms with Crippen molar-refractivity contribution in [1.29, 1.82) is 0 Å². The third kappa shape index (κ3) is 3.44. The Morgan fingerprint density at radius 3 is 2.15 bits per heavy atom. The van der Waals surface area contributed by atoms with Crippen LogP contribution in [0, 0.1) is 5.92 Å². The second-order valence-corrected chi connectivity index (χ2v) is 6.40. The Morgan fingerprint density at radius 2 is 1.65 bits per heavy atom. The number of carbonyl (C=O) groups excluding carboxylic acids is 1. The van der Waals surface area contributed by atoms with E-state index in [1.807, 2.05) is 0 Å². The second-order valence-electron chi connectivity index (χ2n) is 6.40. The van der Waals surface area contributed by atoms with E-state index in [1.165, 1.54) is 0 Å². The number of nitrogens with zero attached hydrogens (tertiary/aromatic N) is 1. The van der Waals surface area contributed by atoms with Crippen molar-refractivity contribution < 1.29 is 14.7 Å². The van der Waals surface area contributed by atoms with E-state index in [-0.39, 0.29) is 6.03 Å². The van der Waals surface area contributed by atoms with Crippen LogP contribution in [0.2, 0.25) is 0 Å². The minimum Gasteiger partial charge on any atom is -0.480 e. The molecule has 0 radical (unpaired) electrons. The van der Waals surface area contributed by atoms with Crippen molar-refractivity contribution in [2.24, 2.45) is 5.92 Å². The molecule has 20 heavy (non-hydrogen) atoms. The van der Waals surface area contributed by atoms with Crippen molar-refractivity contribution in [1.82, 2.24) is 10.2 Å². The third-order valence-electron chi connectivity index (χ3n) is 4.78. The van der Waals surface area contributed by atoms with Gasteiger partial charge in [0.25, 0.3) is 0 Å². The first-order valence-electron chi connectivity index (χ1n) is 7.84. The highest BCUT2D eigenvalue weighted by Gasteiger charge is 2.41. The number of carboxylic acids is 1. The summed E-state index contributed by atoms with van der Waals surface area (Å²) in [6.07, 6.45) is 7.00. The first-order valence-corrected chi connectivity index (χ1v) is 7.84. The fourth-order valence-electron chi connectivity index (χ4n) is 3.22. The fraction of sp³-hybridized carbons (Fsp3) is 0.867. The van der Waals surface area contributed by atoms with Crippen LogP contribution < -0.4 is 5.32 Å². The van der Waals surface area contributed by atoms with Crippen molar-refractivity contribution in [3.63, 3.8) is 0 Å². The van der Waals surface area contributed by atoms with Gasteiger partial charge in [0, 0.05) is 13.1 Å². The van der Waals surface area contributed by atoms with Gasteiger partial charge in [0.05, 0.1) is 0 Å². The average molecular weight is 282 g/mol. The summed E-state index contributed by atoms with van der Waals surface area (Å²) in [7, 11) is 0. The van der Waals surface area contributed by atoms with Gasteiger partial charge in [-0.15, -0.1) is 0 Å². The molecule has 2 aliphatic rings. The SMILES string of the molecule is CC1CCN(C(=O)NC2(C(=O)O)CCCCCC2)CC1. The summed E-state index contributed by atoms with van der Waals surface area (Å²) in [5.41, 5.74) is -1.04. The second kappa shape index (κ2) is 6.46. The van der Waals surface area contributed by atoms with Gasteiger partial charge < -0.3 is 15.3 Å². The van der Waals surface area contributed by atoms with Crippen LogP contribution in [0.1, 0.15) is 58.3 Å². The van der Waals surface area contributed by atoms with Crippen LogP contribution in [0.4, 0.5) is 4.79 Å². The molecule has 0 bridgehead atoms. The Labute approximate surface area is 120 Å². The summed E-state index contributed by atoms with van der Waals surface area (Å²) in [4.78, 5) is 25.8. The quantitative estimate of drug-likeness (QED) is 0.765. The zero-order valence-electron chi connectivity index (χ0n) is 12.4. The maximum atomic E-state index is 12.3. The molecule has 0 atom stereocenters. The Kier molecular flexibility index (Phi) is 4.89. The van der Waals surface area contributed by atoms with Crippen LogP contribution in [0.5, 0.6) is 0 Å². The highest BCUT2D eigenvalue weighted by molar-refractivity contribution is 5.86. The molecule has 0 aromatic carbocycles. The van der Waals surface area contributed by atoms with E-state index in [4.69, 9.17) is 0 Å². The molecule has 1 heterocycles. The average Bonchev–Trinajstić information content (AvgIpc) is 2.66. The topological polar surface area (TPSA) is 69.6 Å². The van der Waals surface area contributed by atoms with E-state index in [9.17, 15) is 14.7 Å². The zero-order chi connectivity index (χ0) is 14.6. The molecule has 1 saturated heterocycles. The third-order valence-corrected chi connectivity index (χ3v) is 4.78. The van der Waals surface area contributed by atoms with E-state index in [0.717, 1.165) is 51.6 Å². The first kappa shape index (κ1) is 15.1. The van der Waals surface area contributed by atoms with Crippen molar-refractivity contribution in [2.45, 2.75) is 63.8 Å². The summed E-state index contributed by atoms with van der Waals surface area (Å²) in [6, 6.07) is -0.193. The number of rotatable bonds is 2. The van der Waals surface area contributed by atoms with Crippen LogP contribution >= 0.6 is 0 Å². The molecule has 5 heteroatoms. The van der Waals surface area contributed by atoms with Gasteiger partial charge in [0.15, 0.2) is 0 Å². The van der Waals surface area contributed by atoms with Crippen molar-refractivity contribution in [3.05, 3.63) is 0 Å². The Balaban J connectivity index is 2.00. The number of hydrogen-bond donors (Lipinski definition) is 2.